The Morgan fingerprint density at radius 2 is 1.02 bits per heavy atom. The fourth-order valence-electron chi connectivity index (χ4n) is 6.93. The molecule has 0 radical (unpaired) electrons. The smallest absolute Gasteiger partial charge is 0.119 e. The van der Waals surface area contributed by atoms with Crippen LogP contribution < -0.4 is 0 Å². The van der Waals surface area contributed by atoms with Gasteiger partial charge >= 0.3 is 0 Å². The van der Waals surface area contributed by atoms with E-state index in [2.05, 4.69) is 70.0 Å². The normalized spacial score (nSPS) is 17.5. The van der Waals surface area contributed by atoms with Crippen LogP contribution in [0.3, 0.4) is 0 Å². The zero-order chi connectivity index (χ0) is 30.7. The molecule has 2 aliphatic rings. The third-order valence-corrected chi connectivity index (χ3v) is 9.19. The zero-order valence-corrected chi connectivity index (χ0v) is 26.4. The molecule has 1 unspecified atom stereocenters. The summed E-state index contributed by atoms with van der Waals surface area (Å²) in [7, 11) is 0. The summed E-state index contributed by atoms with van der Waals surface area (Å²) in [5.74, 6) is 0.921. The molecule has 2 heterocycles. The van der Waals surface area contributed by atoms with Crippen LogP contribution in [0.25, 0.3) is 0 Å². The third kappa shape index (κ3) is 8.25. The number of aryl methyl sites for hydroxylation is 2. The van der Waals surface area contributed by atoms with Crippen LogP contribution in [0.1, 0.15) is 72.9 Å². The average molecular weight is 593 g/mol. The number of fused-ring (bicyclic) bond motifs is 2. The fraction of sp³-hybridized carbons (Fsp3) is 0.421. The molecule has 0 aliphatic heterocycles. The van der Waals surface area contributed by atoms with Crippen LogP contribution in [0, 0.1) is 0 Å². The van der Waals surface area contributed by atoms with Crippen LogP contribution in [-0.4, -0.2) is 55.2 Å². The van der Waals surface area contributed by atoms with Gasteiger partial charge in [-0.3, -0.25) is 19.8 Å². The molecule has 2 aromatic carbocycles. The fourth-order valence-corrected chi connectivity index (χ4v) is 6.93. The molecule has 0 saturated carbocycles. The SMILES string of the molecule is CCCN(Cc1ccncc1)C1CCc2cccc(O)c2C1.CCCN(Cc1ccncc1)[C@@H]1CCc2cccc(O)c2C1. The van der Waals surface area contributed by atoms with E-state index in [1.54, 1.807) is 0 Å². The van der Waals surface area contributed by atoms with E-state index in [4.69, 9.17) is 0 Å². The molecule has 44 heavy (non-hydrogen) atoms. The maximum atomic E-state index is 10.1. The summed E-state index contributed by atoms with van der Waals surface area (Å²) < 4.78 is 0. The molecule has 0 fully saturated rings. The summed E-state index contributed by atoms with van der Waals surface area (Å²) >= 11 is 0. The van der Waals surface area contributed by atoms with Crippen molar-refractivity contribution in [3.05, 3.63) is 119 Å². The topological polar surface area (TPSA) is 72.7 Å². The van der Waals surface area contributed by atoms with Crippen LogP contribution in [0.15, 0.2) is 85.5 Å². The Hall–Kier alpha value is -3.74. The van der Waals surface area contributed by atoms with Gasteiger partial charge in [-0.25, -0.2) is 0 Å². The summed E-state index contributed by atoms with van der Waals surface area (Å²) in [5.41, 5.74) is 7.55. The van der Waals surface area contributed by atoms with Gasteiger partial charge in [0.05, 0.1) is 0 Å². The first-order valence-electron chi connectivity index (χ1n) is 16.4. The number of benzene rings is 2. The highest BCUT2D eigenvalue weighted by atomic mass is 16.3. The summed E-state index contributed by atoms with van der Waals surface area (Å²) in [6.07, 6.45) is 16.1. The highest BCUT2D eigenvalue weighted by Crippen LogP contribution is 2.32. The van der Waals surface area contributed by atoms with Gasteiger partial charge in [-0.15, -0.1) is 0 Å². The third-order valence-electron chi connectivity index (χ3n) is 9.19. The first-order valence-corrected chi connectivity index (χ1v) is 16.4. The van der Waals surface area contributed by atoms with Gasteiger partial charge in [-0.1, -0.05) is 38.1 Å². The van der Waals surface area contributed by atoms with Crippen molar-refractivity contribution in [2.24, 2.45) is 0 Å². The average Bonchev–Trinajstić information content (AvgIpc) is 3.06. The van der Waals surface area contributed by atoms with Crippen LogP contribution in [0.5, 0.6) is 11.5 Å². The number of aromatic hydroxyl groups is 2. The number of hydrogen-bond donors (Lipinski definition) is 2. The maximum Gasteiger partial charge on any atom is 0.119 e. The molecule has 6 rings (SSSR count). The Balaban J connectivity index is 0.000000175. The van der Waals surface area contributed by atoms with Crippen molar-refractivity contribution in [3.8, 4) is 11.5 Å². The van der Waals surface area contributed by atoms with E-state index in [0.717, 1.165) is 75.8 Å². The predicted molar refractivity (Wildman–Crippen MR) is 178 cm³/mol. The molecule has 6 nitrogen and oxygen atoms in total. The first-order chi connectivity index (χ1) is 21.6. The van der Waals surface area contributed by atoms with Crippen LogP contribution in [-0.2, 0) is 38.8 Å². The van der Waals surface area contributed by atoms with E-state index in [0.29, 0.717) is 23.6 Å². The lowest BCUT2D eigenvalue weighted by atomic mass is 9.86. The molecule has 0 saturated heterocycles. The molecular weight excluding hydrogens is 544 g/mol. The van der Waals surface area contributed by atoms with Crippen molar-refractivity contribution >= 4 is 0 Å². The van der Waals surface area contributed by atoms with Crippen LogP contribution >= 0.6 is 0 Å². The van der Waals surface area contributed by atoms with Gasteiger partial charge in [0.1, 0.15) is 11.5 Å². The maximum absolute atomic E-state index is 10.1. The van der Waals surface area contributed by atoms with Gasteiger partial charge in [0, 0.05) is 50.0 Å². The van der Waals surface area contributed by atoms with E-state index < -0.39 is 0 Å². The van der Waals surface area contributed by atoms with Crippen molar-refractivity contribution in [2.45, 2.75) is 90.4 Å². The molecule has 4 aromatic rings. The molecule has 6 heteroatoms. The molecule has 2 N–H and O–H groups in total. The van der Waals surface area contributed by atoms with Crippen molar-refractivity contribution < 1.29 is 10.2 Å². The molecule has 2 aliphatic carbocycles. The second-order valence-corrected chi connectivity index (χ2v) is 12.3. The van der Waals surface area contributed by atoms with E-state index in [1.165, 1.54) is 35.1 Å². The van der Waals surface area contributed by atoms with Crippen molar-refractivity contribution in [1.82, 2.24) is 19.8 Å². The monoisotopic (exact) mass is 592 g/mol. The Morgan fingerprint density at radius 3 is 1.41 bits per heavy atom. The van der Waals surface area contributed by atoms with Gasteiger partial charge in [-0.2, -0.15) is 0 Å². The Labute approximate surface area is 263 Å². The van der Waals surface area contributed by atoms with Crippen molar-refractivity contribution in [1.29, 1.82) is 0 Å². The van der Waals surface area contributed by atoms with E-state index in [1.807, 2.05) is 49.1 Å². The lowest BCUT2D eigenvalue weighted by molar-refractivity contribution is 0.170. The number of nitrogens with zero attached hydrogens (tertiary/aromatic N) is 4. The van der Waals surface area contributed by atoms with Crippen LogP contribution in [0.4, 0.5) is 0 Å². The van der Waals surface area contributed by atoms with Crippen molar-refractivity contribution in [3.63, 3.8) is 0 Å². The number of phenols is 2. The molecule has 2 atom stereocenters. The van der Waals surface area contributed by atoms with Gasteiger partial charge in [0.25, 0.3) is 0 Å². The first kappa shape index (κ1) is 31.7. The summed E-state index contributed by atoms with van der Waals surface area (Å²) in [6.45, 7) is 8.57. The van der Waals surface area contributed by atoms with Gasteiger partial charge < -0.3 is 10.2 Å². The highest BCUT2D eigenvalue weighted by Gasteiger charge is 2.27. The predicted octanol–water partition coefficient (Wildman–Crippen LogP) is 7.11. The molecule has 0 bridgehead atoms. The minimum atomic E-state index is 0.461. The second-order valence-electron chi connectivity index (χ2n) is 12.3. The summed E-state index contributed by atoms with van der Waals surface area (Å²) in [4.78, 5) is 13.3. The molecule has 0 amide bonds. The molecule has 2 aromatic heterocycles. The summed E-state index contributed by atoms with van der Waals surface area (Å²) in [5, 5.41) is 20.3. The molecule has 0 spiro atoms. The minimum Gasteiger partial charge on any atom is -0.508 e. The Bertz CT molecular complexity index is 1340. The number of aromatic nitrogens is 2. The number of phenolic OH excluding ortho intramolecular Hbond substituents is 2. The lowest BCUT2D eigenvalue weighted by Gasteiger charge is -2.35. The largest absolute Gasteiger partial charge is 0.508 e. The standard InChI is InChI=1S/2C19H24N2O/c2*1-2-12-21(14-15-8-10-20-11-9-15)17-7-6-16-4-3-5-19(22)18(16)13-17/h2*3-5,8-11,17,22H,2,6-7,12-14H2,1H3/t17-;/m1./s1. The summed E-state index contributed by atoms with van der Waals surface area (Å²) in [6, 6.07) is 21.2. The number of hydrogen-bond acceptors (Lipinski definition) is 6. The molecule has 232 valence electrons. The minimum absolute atomic E-state index is 0.461. The van der Waals surface area contributed by atoms with E-state index in [-0.39, 0.29) is 0 Å². The quantitative estimate of drug-likeness (QED) is 0.204. The number of rotatable bonds is 10. The van der Waals surface area contributed by atoms with Crippen LogP contribution in [0.2, 0.25) is 0 Å². The van der Waals surface area contributed by atoms with Crippen molar-refractivity contribution in [2.75, 3.05) is 13.1 Å². The highest BCUT2D eigenvalue weighted by molar-refractivity contribution is 5.42. The van der Waals surface area contributed by atoms with E-state index >= 15 is 0 Å². The second kappa shape index (κ2) is 15.8. The molecular formula is C38H48N4O2. The van der Waals surface area contributed by atoms with Gasteiger partial charge in [0.2, 0.25) is 0 Å². The van der Waals surface area contributed by atoms with Gasteiger partial charge in [-0.05, 0) is 134 Å². The van der Waals surface area contributed by atoms with E-state index in [9.17, 15) is 10.2 Å². The number of pyridine rings is 2. The Morgan fingerprint density at radius 1 is 0.614 bits per heavy atom. The zero-order valence-electron chi connectivity index (χ0n) is 26.4. The lowest BCUT2D eigenvalue weighted by Crippen LogP contribution is -2.39. The Kier molecular flexibility index (Phi) is 11.4. The van der Waals surface area contributed by atoms with Gasteiger partial charge in [0.15, 0.2) is 0 Å².